The van der Waals surface area contributed by atoms with Gasteiger partial charge in [-0.05, 0) is 39.2 Å². The van der Waals surface area contributed by atoms with Crippen LogP contribution in [-0.2, 0) is 20.1 Å². The van der Waals surface area contributed by atoms with Gasteiger partial charge in [0.2, 0.25) is 0 Å². The molecular weight excluding hydrogens is 647 g/mol. The maximum Gasteiger partial charge on any atom is 0.277 e. The number of aromatic nitrogens is 4. The summed E-state index contributed by atoms with van der Waals surface area (Å²) in [5.41, 5.74) is 8.56. The maximum absolute atomic E-state index is 7.44. The Kier molecular flexibility index (Phi) is 7.33. The molecule has 0 fully saturated rings. The van der Waals surface area contributed by atoms with E-state index in [4.69, 9.17) is 6.57 Å². The van der Waals surface area contributed by atoms with Crippen LogP contribution in [-0.4, -0.2) is 15.0 Å². The van der Waals surface area contributed by atoms with E-state index < -0.39 is 0 Å². The van der Waals surface area contributed by atoms with Gasteiger partial charge in [0.1, 0.15) is 5.69 Å². The quantitative estimate of drug-likeness (QED) is 0.148. The fourth-order valence-corrected chi connectivity index (χ4v) is 4.51. The summed E-state index contributed by atoms with van der Waals surface area (Å²) < 4.78 is 1.93. The minimum Gasteiger partial charge on any atom is -0.265 e. The number of hydrogen-bond acceptors (Lipinski definition) is 2. The normalized spacial score (nSPS) is 10.4. The van der Waals surface area contributed by atoms with E-state index in [0.29, 0.717) is 11.4 Å². The molecule has 1 radical (unpaired) electrons. The number of rotatable bonds is 5. The average molecular weight is 668 g/mol. The number of benzene rings is 5. The summed E-state index contributed by atoms with van der Waals surface area (Å²) in [6, 6.07) is 44.0. The molecule has 6 aromatic rings. The van der Waals surface area contributed by atoms with E-state index in [1.54, 1.807) is 29.3 Å². The first-order valence-corrected chi connectivity index (χ1v) is 11.9. The molecule has 6 rings (SSSR count). The topological polar surface area (TPSA) is 39.0 Å². The van der Waals surface area contributed by atoms with Crippen LogP contribution in [0.25, 0.3) is 49.6 Å². The summed E-state index contributed by atoms with van der Waals surface area (Å²) in [4.78, 5) is 5.26. The first-order valence-electron chi connectivity index (χ1n) is 11.9. The average Bonchev–Trinajstić information content (AvgIpc) is 3.47. The zero-order valence-corrected chi connectivity index (χ0v) is 22.6. The molecule has 0 unspecified atom stereocenters. The van der Waals surface area contributed by atoms with Gasteiger partial charge in [0, 0.05) is 31.2 Å². The van der Waals surface area contributed by atoms with Crippen molar-refractivity contribution in [3.05, 3.63) is 145 Å². The molecule has 0 aliphatic carbocycles. The second-order valence-corrected chi connectivity index (χ2v) is 8.52. The van der Waals surface area contributed by atoms with Gasteiger partial charge in [-0.1, -0.05) is 91.0 Å². The Bertz CT molecular complexity index is 1660. The molecule has 183 valence electrons. The zero-order chi connectivity index (χ0) is 25.0. The Morgan fingerprint density at radius 1 is 0.684 bits per heavy atom. The van der Waals surface area contributed by atoms with Gasteiger partial charge < -0.3 is 0 Å². The van der Waals surface area contributed by atoms with E-state index in [9.17, 15) is 0 Å². The van der Waals surface area contributed by atoms with Crippen molar-refractivity contribution in [2.75, 3.05) is 0 Å². The van der Waals surface area contributed by atoms with Crippen molar-refractivity contribution < 1.29 is 24.9 Å². The third kappa shape index (κ3) is 4.81. The molecule has 0 bridgehead atoms. The molecule has 0 saturated heterocycles. The molecule has 0 saturated carbocycles. The SMILES string of the molecule is [C-]#[N+]c1cc[c-]c(-[n+]2nncn2-c2c(-c3ccccc3)cc(-c3ccccc3)cc2-c2ccccc2)c1.[Ir]. The van der Waals surface area contributed by atoms with E-state index in [-0.39, 0.29) is 20.1 Å². The third-order valence-corrected chi connectivity index (χ3v) is 6.23. The predicted octanol–water partition coefficient (Wildman–Crippen LogP) is 6.89. The molecule has 0 amide bonds. The first-order chi connectivity index (χ1) is 18.3. The van der Waals surface area contributed by atoms with Gasteiger partial charge >= 0.3 is 0 Å². The van der Waals surface area contributed by atoms with Crippen LogP contribution < -0.4 is 4.80 Å². The molecule has 1 heterocycles. The Morgan fingerprint density at radius 2 is 1.24 bits per heavy atom. The molecule has 0 aliphatic rings. The monoisotopic (exact) mass is 668 g/mol. The Balaban J connectivity index is 0.00000294. The molecule has 1 aromatic heterocycles. The van der Waals surface area contributed by atoms with Crippen molar-refractivity contribution in [2.45, 2.75) is 0 Å². The fraction of sp³-hybridized carbons (Fsp3) is 0. The smallest absolute Gasteiger partial charge is 0.265 e. The molecule has 6 heteroatoms. The van der Waals surface area contributed by atoms with Crippen LogP contribution in [0.4, 0.5) is 5.69 Å². The van der Waals surface area contributed by atoms with Crippen molar-refractivity contribution in [1.29, 1.82) is 0 Å². The van der Waals surface area contributed by atoms with E-state index in [1.165, 1.54) is 0 Å². The minimum atomic E-state index is 0. The van der Waals surface area contributed by atoms with Gasteiger partial charge in [-0.15, -0.1) is 16.8 Å². The van der Waals surface area contributed by atoms with Gasteiger partial charge in [-0.3, -0.25) is 4.85 Å². The summed E-state index contributed by atoms with van der Waals surface area (Å²) in [5.74, 6) is 0. The van der Waals surface area contributed by atoms with Crippen molar-refractivity contribution in [3.63, 3.8) is 0 Å². The van der Waals surface area contributed by atoms with Crippen LogP contribution in [0, 0.1) is 12.6 Å². The maximum atomic E-state index is 7.44. The third-order valence-electron chi connectivity index (χ3n) is 6.23. The predicted molar refractivity (Wildman–Crippen MR) is 144 cm³/mol. The molecule has 5 aromatic carbocycles. The number of hydrogen-bond donors (Lipinski definition) is 0. The summed E-state index contributed by atoms with van der Waals surface area (Å²) in [5, 5.41) is 8.64. The Hall–Kier alpha value is -4.69. The van der Waals surface area contributed by atoms with Crippen molar-refractivity contribution >= 4 is 5.69 Å². The molecule has 5 nitrogen and oxygen atoms in total. The van der Waals surface area contributed by atoms with Gasteiger partial charge in [0.15, 0.2) is 5.21 Å². The van der Waals surface area contributed by atoms with Crippen molar-refractivity contribution in [2.24, 2.45) is 0 Å². The van der Waals surface area contributed by atoms with Gasteiger partial charge in [0.25, 0.3) is 6.33 Å². The van der Waals surface area contributed by atoms with Crippen LogP contribution in [0.5, 0.6) is 0 Å². The number of tetrazole rings is 1. The van der Waals surface area contributed by atoms with E-state index >= 15 is 0 Å². The standard InChI is InChI=1S/C32H21N5.Ir/c1-33-28-18-11-19-29(22-28)37-35-34-23-36(37)32-30(25-14-7-3-8-15-25)20-27(24-12-5-2-6-13-24)21-31(32)26-16-9-4-10-17-26;/h2-18,20-23H;. The first kappa shape index (κ1) is 25.0. The molecule has 0 atom stereocenters. The zero-order valence-electron chi connectivity index (χ0n) is 20.2. The van der Waals surface area contributed by atoms with Gasteiger partial charge in [-0.2, -0.15) is 12.1 Å². The van der Waals surface area contributed by atoms with Crippen molar-refractivity contribution in [1.82, 2.24) is 15.0 Å². The van der Waals surface area contributed by atoms with Crippen LogP contribution in [0.3, 0.4) is 0 Å². The summed E-state index contributed by atoms with van der Waals surface area (Å²) in [7, 11) is 0. The van der Waals surface area contributed by atoms with Gasteiger partial charge in [-0.25, -0.2) is 0 Å². The molecule has 38 heavy (non-hydrogen) atoms. The van der Waals surface area contributed by atoms with E-state index in [2.05, 4.69) is 81.9 Å². The Morgan fingerprint density at radius 3 is 1.79 bits per heavy atom. The molecular formula is C32H21IrN5. The van der Waals surface area contributed by atoms with Crippen LogP contribution in [0.1, 0.15) is 0 Å². The summed E-state index contributed by atoms with van der Waals surface area (Å²) in [6.45, 7) is 7.44. The number of nitrogens with zero attached hydrogens (tertiary/aromatic N) is 5. The molecule has 0 spiro atoms. The second-order valence-electron chi connectivity index (χ2n) is 8.52. The largest absolute Gasteiger partial charge is 0.277 e. The van der Waals surface area contributed by atoms with Gasteiger partial charge in [0.05, 0.1) is 23.0 Å². The molecule has 0 N–H and O–H groups in total. The van der Waals surface area contributed by atoms with E-state index in [1.807, 2.05) is 47.1 Å². The van der Waals surface area contributed by atoms with Crippen LogP contribution >= 0.6 is 0 Å². The van der Waals surface area contributed by atoms with E-state index in [0.717, 1.165) is 39.1 Å². The van der Waals surface area contributed by atoms with Crippen LogP contribution in [0.15, 0.2) is 128 Å². The fourth-order valence-electron chi connectivity index (χ4n) is 4.51. The Labute approximate surface area is 234 Å². The summed E-state index contributed by atoms with van der Waals surface area (Å²) >= 11 is 0. The molecule has 0 aliphatic heterocycles. The van der Waals surface area contributed by atoms with Crippen molar-refractivity contribution in [3.8, 4) is 44.8 Å². The second kappa shape index (κ2) is 11.1. The van der Waals surface area contributed by atoms with Crippen LogP contribution in [0.2, 0.25) is 0 Å². The minimum absolute atomic E-state index is 0. The summed E-state index contributed by atoms with van der Waals surface area (Å²) in [6.07, 6.45) is 1.70.